The highest BCUT2D eigenvalue weighted by molar-refractivity contribution is 6.34. The van der Waals surface area contributed by atoms with Crippen LogP contribution in [0.2, 0.25) is 5.02 Å². The number of halogens is 4. The fraction of sp³-hybridized carbons (Fsp3) is 0.211. The Balaban J connectivity index is 1.88. The number of benzene rings is 1. The van der Waals surface area contributed by atoms with Gasteiger partial charge >= 0.3 is 0 Å². The second-order valence-electron chi connectivity index (χ2n) is 6.35. The summed E-state index contributed by atoms with van der Waals surface area (Å²) in [6.07, 6.45) is 1.84. The third kappa shape index (κ3) is 4.04. The molecule has 29 heavy (non-hydrogen) atoms. The summed E-state index contributed by atoms with van der Waals surface area (Å²) in [5.74, 6) is -4.47. The van der Waals surface area contributed by atoms with Crippen molar-refractivity contribution >= 4 is 23.2 Å². The molecular formula is C19H17ClF3N5O. The number of alkyl halides is 2. The fourth-order valence-corrected chi connectivity index (χ4v) is 3.09. The van der Waals surface area contributed by atoms with Gasteiger partial charge in [-0.1, -0.05) is 17.7 Å². The molecule has 0 aliphatic heterocycles. The van der Waals surface area contributed by atoms with Crippen LogP contribution < -0.4 is 5.32 Å². The Kier molecular flexibility index (Phi) is 5.52. The molecule has 0 fully saturated rings. The van der Waals surface area contributed by atoms with Gasteiger partial charge in [0.2, 0.25) is 0 Å². The van der Waals surface area contributed by atoms with Crippen LogP contribution in [-0.4, -0.2) is 25.5 Å². The van der Waals surface area contributed by atoms with Crippen molar-refractivity contribution in [3.63, 3.8) is 0 Å². The molecule has 1 aromatic carbocycles. The molecule has 3 rings (SSSR count). The molecule has 0 saturated carbocycles. The summed E-state index contributed by atoms with van der Waals surface area (Å²) in [5, 5.41) is 10.4. The van der Waals surface area contributed by atoms with E-state index in [2.05, 4.69) is 22.1 Å². The van der Waals surface area contributed by atoms with Gasteiger partial charge < -0.3 is 5.32 Å². The van der Waals surface area contributed by atoms with Crippen molar-refractivity contribution in [1.29, 1.82) is 0 Å². The first kappa shape index (κ1) is 20.7. The van der Waals surface area contributed by atoms with E-state index in [1.54, 1.807) is 7.05 Å². The number of rotatable bonds is 6. The molecule has 2 aromatic heterocycles. The minimum absolute atomic E-state index is 0.0669. The molecule has 0 aliphatic rings. The highest BCUT2D eigenvalue weighted by Crippen LogP contribution is 2.34. The summed E-state index contributed by atoms with van der Waals surface area (Å²) >= 11 is 5.93. The zero-order valence-electron chi connectivity index (χ0n) is 15.6. The molecular weight excluding hydrogens is 407 g/mol. The molecule has 0 saturated heterocycles. The van der Waals surface area contributed by atoms with Gasteiger partial charge in [-0.05, 0) is 24.3 Å². The normalized spacial score (nSPS) is 11.5. The van der Waals surface area contributed by atoms with Crippen LogP contribution in [0.3, 0.4) is 0 Å². The minimum Gasteiger partial charge on any atom is -0.321 e. The zero-order valence-corrected chi connectivity index (χ0v) is 16.3. The second kappa shape index (κ2) is 7.75. The SMILES string of the molecule is C=CCC(F)(F)c1cc(-c2ccc(NC(=O)c3c(Cl)cnn3C)cc2F)n(C)n1. The number of aryl methyl sites for hydroxylation is 2. The first-order valence-corrected chi connectivity index (χ1v) is 8.84. The smallest absolute Gasteiger partial charge is 0.294 e. The number of aromatic nitrogens is 4. The van der Waals surface area contributed by atoms with Crippen LogP contribution in [-0.2, 0) is 20.0 Å². The van der Waals surface area contributed by atoms with Gasteiger partial charge in [0.25, 0.3) is 11.8 Å². The molecule has 0 spiro atoms. The molecule has 10 heteroatoms. The van der Waals surface area contributed by atoms with Gasteiger partial charge in [-0.3, -0.25) is 14.2 Å². The Morgan fingerprint density at radius 2 is 2.03 bits per heavy atom. The summed E-state index contributed by atoms with van der Waals surface area (Å²) in [6.45, 7) is 3.31. The molecule has 1 N–H and O–H groups in total. The van der Waals surface area contributed by atoms with Crippen molar-refractivity contribution in [2.45, 2.75) is 12.3 Å². The lowest BCUT2D eigenvalue weighted by molar-refractivity contribution is -0.00592. The zero-order chi connectivity index (χ0) is 21.3. The predicted octanol–water partition coefficient (Wildman–Crippen LogP) is 4.53. The number of amides is 1. The van der Waals surface area contributed by atoms with Crippen molar-refractivity contribution in [2.75, 3.05) is 5.32 Å². The van der Waals surface area contributed by atoms with Crippen LogP contribution in [0.25, 0.3) is 11.3 Å². The molecule has 0 atom stereocenters. The van der Waals surface area contributed by atoms with Crippen molar-refractivity contribution in [1.82, 2.24) is 19.6 Å². The number of hydrogen-bond acceptors (Lipinski definition) is 3. The molecule has 1 amide bonds. The minimum atomic E-state index is -3.20. The van der Waals surface area contributed by atoms with Crippen LogP contribution in [0.4, 0.5) is 18.9 Å². The fourth-order valence-electron chi connectivity index (χ4n) is 2.84. The first-order chi connectivity index (χ1) is 13.6. The van der Waals surface area contributed by atoms with Crippen LogP contribution >= 0.6 is 11.6 Å². The van der Waals surface area contributed by atoms with Crippen molar-refractivity contribution in [3.05, 3.63) is 65.3 Å². The number of carbonyl (C=O) groups is 1. The van der Waals surface area contributed by atoms with Crippen molar-refractivity contribution in [3.8, 4) is 11.3 Å². The summed E-state index contributed by atoms with van der Waals surface area (Å²) in [6, 6.07) is 5.05. The molecule has 0 bridgehead atoms. The van der Waals surface area contributed by atoms with Crippen molar-refractivity contribution in [2.24, 2.45) is 14.1 Å². The molecule has 0 aliphatic carbocycles. The monoisotopic (exact) mass is 423 g/mol. The van der Waals surface area contributed by atoms with Crippen LogP contribution in [0, 0.1) is 5.82 Å². The standard InChI is InChI=1S/C19H17ClF3N5O/c1-4-7-19(22,23)16-9-15(27(2)26-16)12-6-5-11(8-14(12)21)25-18(29)17-13(20)10-24-28(17)3/h4-6,8-10H,1,7H2,2-3H3,(H,25,29). The Morgan fingerprint density at radius 1 is 1.31 bits per heavy atom. The Bertz CT molecular complexity index is 1070. The first-order valence-electron chi connectivity index (χ1n) is 8.46. The third-order valence-corrected chi connectivity index (χ3v) is 4.54. The number of allylic oxidation sites excluding steroid dienone is 1. The van der Waals surface area contributed by atoms with E-state index >= 15 is 0 Å². The van der Waals surface area contributed by atoms with Gasteiger partial charge in [-0.15, -0.1) is 6.58 Å². The number of anilines is 1. The van der Waals surface area contributed by atoms with E-state index in [1.165, 1.54) is 34.7 Å². The summed E-state index contributed by atoms with van der Waals surface area (Å²) in [7, 11) is 2.99. The predicted molar refractivity (Wildman–Crippen MR) is 103 cm³/mol. The number of nitrogens with zero attached hydrogens (tertiary/aromatic N) is 4. The van der Waals surface area contributed by atoms with E-state index < -0.39 is 29.8 Å². The van der Waals surface area contributed by atoms with Gasteiger partial charge in [-0.25, -0.2) is 4.39 Å². The lowest BCUT2D eigenvalue weighted by atomic mass is 10.1. The van der Waals surface area contributed by atoms with Crippen LogP contribution in [0.15, 0.2) is 43.1 Å². The lowest BCUT2D eigenvalue weighted by Gasteiger charge is -2.10. The van der Waals surface area contributed by atoms with Crippen molar-refractivity contribution < 1.29 is 18.0 Å². The highest BCUT2D eigenvalue weighted by atomic mass is 35.5. The van der Waals surface area contributed by atoms with E-state index in [0.717, 1.165) is 18.2 Å². The average molecular weight is 424 g/mol. The number of nitrogens with one attached hydrogen (secondary N) is 1. The van der Waals surface area contributed by atoms with E-state index in [9.17, 15) is 18.0 Å². The molecule has 0 unspecified atom stereocenters. The van der Waals surface area contributed by atoms with Gasteiger partial charge in [0, 0.05) is 31.8 Å². The Hall–Kier alpha value is -3.07. The topological polar surface area (TPSA) is 64.7 Å². The number of hydrogen-bond donors (Lipinski definition) is 1. The average Bonchev–Trinajstić information content (AvgIpc) is 3.18. The van der Waals surface area contributed by atoms with Gasteiger partial charge in [0.15, 0.2) is 0 Å². The second-order valence-corrected chi connectivity index (χ2v) is 6.76. The van der Waals surface area contributed by atoms with Gasteiger partial charge in [0.1, 0.15) is 17.2 Å². The summed E-state index contributed by atoms with van der Waals surface area (Å²) < 4.78 is 45.3. The summed E-state index contributed by atoms with van der Waals surface area (Å²) in [5.41, 5.74) is 0.0633. The maximum absolute atomic E-state index is 14.7. The lowest BCUT2D eigenvalue weighted by Crippen LogP contribution is -2.16. The molecule has 3 aromatic rings. The van der Waals surface area contributed by atoms with E-state index in [4.69, 9.17) is 11.6 Å². The maximum Gasteiger partial charge on any atom is 0.294 e. The van der Waals surface area contributed by atoms with E-state index in [-0.39, 0.29) is 27.7 Å². The molecule has 0 radical (unpaired) electrons. The molecule has 2 heterocycles. The molecule has 152 valence electrons. The Morgan fingerprint density at radius 3 is 2.62 bits per heavy atom. The van der Waals surface area contributed by atoms with Crippen LogP contribution in [0.1, 0.15) is 22.6 Å². The quantitative estimate of drug-likeness (QED) is 0.592. The number of carbonyl (C=O) groups excluding carboxylic acids is 1. The largest absolute Gasteiger partial charge is 0.321 e. The van der Waals surface area contributed by atoms with Crippen LogP contribution in [0.5, 0.6) is 0 Å². The summed E-state index contributed by atoms with van der Waals surface area (Å²) in [4.78, 5) is 12.3. The Labute approximate surface area is 169 Å². The van der Waals surface area contributed by atoms with E-state index in [1.807, 2.05) is 0 Å². The molecule has 6 nitrogen and oxygen atoms in total. The van der Waals surface area contributed by atoms with E-state index in [0.29, 0.717) is 0 Å². The van der Waals surface area contributed by atoms with Gasteiger partial charge in [0.05, 0.1) is 16.9 Å². The van der Waals surface area contributed by atoms with Gasteiger partial charge in [-0.2, -0.15) is 19.0 Å². The third-order valence-electron chi connectivity index (χ3n) is 4.27. The maximum atomic E-state index is 14.7. The highest BCUT2D eigenvalue weighted by Gasteiger charge is 2.34.